The van der Waals surface area contributed by atoms with Crippen LogP contribution in [-0.4, -0.2) is 24.8 Å². The smallest absolute Gasteiger partial charge is 0.243 e. The Hall–Kier alpha value is -0.610. The predicted molar refractivity (Wildman–Crippen MR) is 44.9 cm³/mol. The monoisotopic (exact) mass is 175 g/mol. The van der Waals surface area contributed by atoms with Gasteiger partial charge in [-0.25, -0.2) is 5.48 Å². The summed E-state index contributed by atoms with van der Waals surface area (Å²) in [5, 5.41) is 8.16. The molecule has 0 fully saturated rings. The van der Waals surface area contributed by atoms with Gasteiger partial charge in [-0.2, -0.15) is 0 Å². The lowest BCUT2D eigenvalue weighted by Crippen LogP contribution is -2.17. The van der Waals surface area contributed by atoms with Crippen LogP contribution in [0.4, 0.5) is 0 Å². The van der Waals surface area contributed by atoms with E-state index in [4.69, 9.17) is 9.94 Å². The molecule has 0 rings (SSSR count). The first-order chi connectivity index (χ1) is 5.81. The number of hydrogen-bond donors (Lipinski definition) is 2. The Labute approximate surface area is 72.9 Å². The van der Waals surface area contributed by atoms with E-state index >= 15 is 0 Å². The molecule has 0 aliphatic carbocycles. The topological polar surface area (TPSA) is 58.6 Å². The van der Waals surface area contributed by atoms with Crippen LogP contribution in [0.2, 0.25) is 0 Å². The van der Waals surface area contributed by atoms with E-state index in [1.807, 2.05) is 0 Å². The molecule has 0 spiro atoms. The molecule has 0 atom stereocenters. The van der Waals surface area contributed by atoms with Crippen LogP contribution in [0.1, 0.15) is 32.1 Å². The van der Waals surface area contributed by atoms with Gasteiger partial charge in [-0.15, -0.1) is 0 Å². The van der Waals surface area contributed by atoms with Crippen LogP contribution in [0.25, 0.3) is 0 Å². The summed E-state index contributed by atoms with van der Waals surface area (Å²) in [6, 6.07) is 0. The second-order valence-corrected chi connectivity index (χ2v) is 2.69. The number of hydroxylamine groups is 1. The summed E-state index contributed by atoms with van der Waals surface area (Å²) < 4.78 is 4.87. The summed E-state index contributed by atoms with van der Waals surface area (Å²) >= 11 is 0. The number of hydrogen-bond acceptors (Lipinski definition) is 3. The largest absolute Gasteiger partial charge is 0.385 e. The van der Waals surface area contributed by atoms with Crippen molar-refractivity contribution in [2.24, 2.45) is 0 Å². The fourth-order valence-corrected chi connectivity index (χ4v) is 0.941. The van der Waals surface area contributed by atoms with Gasteiger partial charge in [0.15, 0.2) is 0 Å². The third kappa shape index (κ3) is 7.50. The van der Waals surface area contributed by atoms with E-state index in [0.29, 0.717) is 6.42 Å². The van der Waals surface area contributed by atoms with E-state index in [-0.39, 0.29) is 5.91 Å². The van der Waals surface area contributed by atoms with Gasteiger partial charge in [-0.1, -0.05) is 12.8 Å². The molecule has 4 nitrogen and oxygen atoms in total. The zero-order valence-electron chi connectivity index (χ0n) is 7.51. The normalized spacial score (nSPS) is 9.83. The molecule has 0 aromatic carbocycles. The van der Waals surface area contributed by atoms with Gasteiger partial charge in [0.1, 0.15) is 0 Å². The van der Waals surface area contributed by atoms with Gasteiger partial charge in [-0.3, -0.25) is 10.0 Å². The minimum Gasteiger partial charge on any atom is -0.385 e. The van der Waals surface area contributed by atoms with E-state index in [2.05, 4.69) is 0 Å². The molecule has 0 aliphatic heterocycles. The Morgan fingerprint density at radius 1 is 1.33 bits per heavy atom. The molecule has 4 heteroatoms. The van der Waals surface area contributed by atoms with Crippen molar-refractivity contribution in [1.82, 2.24) is 5.48 Å². The first-order valence-corrected chi connectivity index (χ1v) is 4.23. The number of ether oxygens (including phenoxy) is 1. The Balaban J connectivity index is 2.95. The van der Waals surface area contributed by atoms with Crippen molar-refractivity contribution >= 4 is 5.91 Å². The van der Waals surface area contributed by atoms with Gasteiger partial charge in [0, 0.05) is 20.1 Å². The van der Waals surface area contributed by atoms with Gasteiger partial charge in [-0.05, 0) is 12.8 Å². The van der Waals surface area contributed by atoms with Gasteiger partial charge >= 0.3 is 0 Å². The maximum atomic E-state index is 10.5. The fourth-order valence-electron chi connectivity index (χ4n) is 0.941. The molecule has 72 valence electrons. The zero-order valence-corrected chi connectivity index (χ0v) is 7.51. The van der Waals surface area contributed by atoms with Crippen LogP contribution in [0.5, 0.6) is 0 Å². The highest BCUT2D eigenvalue weighted by Gasteiger charge is 1.97. The molecule has 12 heavy (non-hydrogen) atoms. The maximum Gasteiger partial charge on any atom is 0.243 e. The molecule has 0 aromatic rings. The molecule has 0 saturated carbocycles. The molecule has 0 aromatic heterocycles. The van der Waals surface area contributed by atoms with Crippen LogP contribution < -0.4 is 5.48 Å². The van der Waals surface area contributed by atoms with Crippen molar-refractivity contribution in [3.05, 3.63) is 0 Å². The van der Waals surface area contributed by atoms with E-state index < -0.39 is 0 Å². The lowest BCUT2D eigenvalue weighted by atomic mass is 10.1. The number of amides is 1. The second-order valence-electron chi connectivity index (χ2n) is 2.69. The predicted octanol–water partition coefficient (Wildman–Crippen LogP) is 1.09. The summed E-state index contributed by atoms with van der Waals surface area (Å²) in [5.41, 5.74) is 1.60. The number of rotatable bonds is 7. The number of carbonyl (C=O) groups excluding carboxylic acids is 1. The SMILES string of the molecule is COCCCCCCC(=O)NO. The van der Waals surface area contributed by atoms with Crippen molar-refractivity contribution in [1.29, 1.82) is 0 Å². The van der Waals surface area contributed by atoms with E-state index in [1.54, 1.807) is 12.6 Å². The summed E-state index contributed by atoms with van der Waals surface area (Å²) in [5.74, 6) is -0.304. The average Bonchev–Trinajstić information content (AvgIpc) is 2.10. The third-order valence-corrected chi connectivity index (χ3v) is 1.63. The molecule has 0 aliphatic rings. The zero-order chi connectivity index (χ0) is 9.23. The molecular formula is C8H17NO3. The van der Waals surface area contributed by atoms with Gasteiger partial charge < -0.3 is 4.74 Å². The van der Waals surface area contributed by atoms with Crippen molar-refractivity contribution in [3.8, 4) is 0 Å². The summed E-state index contributed by atoms with van der Waals surface area (Å²) in [7, 11) is 1.68. The summed E-state index contributed by atoms with van der Waals surface area (Å²) in [6.07, 6.45) is 4.36. The quantitative estimate of drug-likeness (QED) is 0.346. The van der Waals surface area contributed by atoms with Gasteiger partial charge in [0.05, 0.1) is 0 Å². The van der Waals surface area contributed by atoms with Crippen molar-refractivity contribution in [2.45, 2.75) is 32.1 Å². The standard InChI is InChI=1S/C8H17NO3/c1-12-7-5-3-2-4-6-8(10)9-11/h11H,2-7H2,1H3,(H,9,10). The minimum absolute atomic E-state index is 0.304. The Morgan fingerprint density at radius 2 is 2.00 bits per heavy atom. The first-order valence-electron chi connectivity index (χ1n) is 4.23. The second kappa shape index (κ2) is 8.49. The molecule has 0 unspecified atom stereocenters. The summed E-state index contributed by atoms with van der Waals surface area (Å²) in [4.78, 5) is 10.5. The van der Waals surface area contributed by atoms with E-state index in [0.717, 1.165) is 32.3 Å². The number of carbonyl (C=O) groups is 1. The molecule has 0 radical (unpaired) electrons. The maximum absolute atomic E-state index is 10.5. The highest BCUT2D eigenvalue weighted by atomic mass is 16.5. The molecule has 0 heterocycles. The lowest BCUT2D eigenvalue weighted by molar-refractivity contribution is -0.129. The minimum atomic E-state index is -0.304. The lowest BCUT2D eigenvalue weighted by Gasteiger charge is -1.99. The van der Waals surface area contributed by atoms with Gasteiger partial charge in [0.25, 0.3) is 0 Å². The molecular weight excluding hydrogens is 158 g/mol. The highest BCUT2D eigenvalue weighted by molar-refractivity contribution is 5.74. The van der Waals surface area contributed by atoms with E-state index in [1.165, 1.54) is 0 Å². The Morgan fingerprint density at radius 3 is 2.58 bits per heavy atom. The van der Waals surface area contributed by atoms with Crippen LogP contribution >= 0.6 is 0 Å². The number of nitrogens with one attached hydrogen (secondary N) is 1. The molecule has 1 amide bonds. The van der Waals surface area contributed by atoms with Crippen LogP contribution in [0.15, 0.2) is 0 Å². The van der Waals surface area contributed by atoms with E-state index in [9.17, 15) is 4.79 Å². The fraction of sp³-hybridized carbons (Fsp3) is 0.875. The molecule has 0 bridgehead atoms. The highest BCUT2D eigenvalue weighted by Crippen LogP contribution is 2.02. The van der Waals surface area contributed by atoms with Crippen molar-refractivity contribution < 1.29 is 14.7 Å². The summed E-state index contributed by atoms with van der Waals surface area (Å²) in [6.45, 7) is 0.784. The van der Waals surface area contributed by atoms with Crippen LogP contribution in [0, 0.1) is 0 Å². The first kappa shape index (κ1) is 11.4. The third-order valence-electron chi connectivity index (χ3n) is 1.63. The van der Waals surface area contributed by atoms with Crippen molar-refractivity contribution in [3.63, 3.8) is 0 Å². The molecule has 0 saturated heterocycles. The number of methoxy groups -OCH3 is 1. The van der Waals surface area contributed by atoms with Crippen LogP contribution in [0.3, 0.4) is 0 Å². The Bertz CT molecular complexity index is 117. The van der Waals surface area contributed by atoms with Crippen molar-refractivity contribution in [2.75, 3.05) is 13.7 Å². The molecule has 2 N–H and O–H groups in total. The average molecular weight is 175 g/mol. The van der Waals surface area contributed by atoms with Gasteiger partial charge in [0.2, 0.25) is 5.91 Å². The van der Waals surface area contributed by atoms with Crippen LogP contribution in [-0.2, 0) is 9.53 Å². The number of unbranched alkanes of at least 4 members (excludes halogenated alkanes) is 3. The Kier molecular flexibility index (Phi) is 8.05.